The zero-order valence-electron chi connectivity index (χ0n) is 10.4. The van der Waals surface area contributed by atoms with Crippen molar-refractivity contribution in [2.45, 2.75) is 25.7 Å². The lowest BCUT2D eigenvalue weighted by Gasteiger charge is -2.15. The monoisotopic (exact) mass is 295 g/mol. The van der Waals surface area contributed by atoms with Crippen molar-refractivity contribution >= 4 is 15.9 Å². The molecule has 0 spiro atoms. The second-order valence-electron chi connectivity index (χ2n) is 5.05. The Morgan fingerprint density at radius 1 is 1.18 bits per heavy atom. The lowest BCUT2D eigenvalue weighted by molar-refractivity contribution is 0.321. The summed E-state index contributed by atoms with van der Waals surface area (Å²) in [5.41, 5.74) is 1.48. The molecule has 0 radical (unpaired) electrons. The molecule has 0 N–H and O–H groups in total. The first kappa shape index (κ1) is 13.1. The number of hydrogen-bond acceptors (Lipinski definition) is 1. The summed E-state index contributed by atoms with van der Waals surface area (Å²) in [6.07, 6.45) is 5.27. The van der Waals surface area contributed by atoms with Gasteiger partial charge in [-0.2, -0.15) is 0 Å². The molecular formula is C15H22BrN. The molecule has 1 fully saturated rings. The Balaban J connectivity index is 1.58. The number of aryl methyl sites for hydroxylation is 1. The van der Waals surface area contributed by atoms with Gasteiger partial charge in [-0.1, -0.05) is 46.3 Å². The number of benzene rings is 1. The van der Waals surface area contributed by atoms with Crippen LogP contribution in [0.2, 0.25) is 0 Å². The van der Waals surface area contributed by atoms with E-state index in [0.29, 0.717) is 0 Å². The molecule has 1 saturated heterocycles. The third kappa shape index (κ3) is 4.44. The fraction of sp³-hybridized carbons (Fsp3) is 0.600. The third-order valence-electron chi connectivity index (χ3n) is 3.62. The predicted molar refractivity (Wildman–Crippen MR) is 77.7 cm³/mol. The minimum Gasteiger partial charge on any atom is -0.303 e. The molecular weight excluding hydrogens is 274 g/mol. The molecule has 0 aliphatic carbocycles. The van der Waals surface area contributed by atoms with E-state index >= 15 is 0 Å². The maximum atomic E-state index is 3.59. The molecule has 2 rings (SSSR count). The van der Waals surface area contributed by atoms with Gasteiger partial charge in [-0.25, -0.2) is 0 Å². The van der Waals surface area contributed by atoms with Gasteiger partial charge in [-0.05, 0) is 50.3 Å². The van der Waals surface area contributed by atoms with Crippen LogP contribution in [0.1, 0.15) is 24.8 Å². The molecule has 1 atom stereocenters. The average Bonchev–Trinajstić information content (AvgIpc) is 2.84. The van der Waals surface area contributed by atoms with Gasteiger partial charge in [0.05, 0.1) is 0 Å². The van der Waals surface area contributed by atoms with Crippen molar-refractivity contribution in [1.29, 1.82) is 0 Å². The zero-order chi connectivity index (χ0) is 11.9. The highest BCUT2D eigenvalue weighted by Gasteiger charge is 2.20. The number of alkyl halides is 1. The summed E-state index contributed by atoms with van der Waals surface area (Å²) in [7, 11) is 0. The smallest absolute Gasteiger partial charge is 0.00723 e. The molecule has 94 valence electrons. The van der Waals surface area contributed by atoms with Gasteiger partial charge in [-0.15, -0.1) is 0 Å². The van der Waals surface area contributed by atoms with E-state index in [2.05, 4.69) is 51.2 Å². The Kier molecular flexibility index (Phi) is 5.53. The molecule has 0 saturated carbocycles. The molecule has 1 aromatic rings. The fourth-order valence-corrected chi connectivity index (χ4v) is 3.08. The first-order valence-electron chi connectivity index (χ1n) is 6.70. The third-order valence-corrected chi connectivity index (χ3v) is 4.54. The maximum Gasteiger partial charge on any atom is 0.00723 e. The van der Waals surface area contributed by atoms with Crippen LogP contribution in [0.25, 0.3) is 0 Å². The van der Waals surface area contributed by atoms with Gasteiger partial charge >= 0.3 is 0 Å². The van der Waals surface area contributed by atoms with Crippen LogP contribution in [0.4, 0.5) is 0 Å². The van der Waals surface area contributed by atoms with Crippen LogP contribution in [0.5, 0.6) is 0 Å². The van der Waals surface area contributed by atoms with Crippen molar-refractivity contribution < 1.29 is 0 Å². The van der Waals surface area contributed by atoms with Gasteiger partial charge in [-0.3, -0.25) is 0 Å². The highest BCUT2D eigenvalue weighted by Crippen LogP contribution is 2.18. The van der Waals surface area contributed by atoms with Crippen molar-refractivity contribution in [3.8, 4) is 0 Å². The minimum absolute atomic E-state index is 0.893. The lowest BCUT2D eigenvalue weighted by Crippen LogP contribution is -2.22. The van der Waals surface area contributed by atoms with Crippen LogP contribution in [-0.4, -0.2) is 29.9 Å². The van der Waals surface area contributed by atoms with E-state index in [9.17, 15) is 0 Å². The summed E-state index contributed by atoms with van der Waals surface area (Å²) in [6, 6.07) is 10.8. The highest BCUT2D eigenvalue weighted by molar-refractivity contribution is 9.09. The summed E-state index contributed by atoms with van der Waals surface area (Å²) in [6.45, 7) is 3.90. The molecule has 1 nitrogen and oxygen atoms in total. The van der Waals surface area contributed by atoms with Crippen LogP contribution in [0, 0.1) is 5.92 Å². The maximum absolute atomic E-state index is 3.59. The van der Waals surface area contributed by atoms with Crippen LogP contribution in [0.15, 0.2) is 30.3 Å². The number of unbranched alkanes of at least 4 members (excludes halogenated alkanes) is 1. The fourth-order valence-electron chi connectivity index (χ4n) is 2.55. The van der Waals surface area contributed by atoms with Gasteiger partial charge in [0.1, 0.15) is 0 Å². The number of nitrogens with zero attached hydrogens (tertiary/aromatic N) is 1. The highest BCUT2D eigenvalue weighted by atomic mass is 79.9. The Morgan fingerprint density at radius 2 is 2.00 bits per heavy atom. The molecule has 0 aromatic heterocycles. The molecule has 1 aromatic carbocycles. The number of hydrogen-bond donors (Lipinski definition) is 0. The SMILES string of the molecule is BrCC1CCN(CCCCc2ccccc2)C1. The van der Waals surface area contributed by atoms with Crippen LogP contribution < -0.4 is 0 Å². The van der Waals surface area contributed by atoms with Crippen molar-refractivity contribution in [3.05, 3.63) is 35.9 Å². The average molecular weight is 296 g/mol. The van der Waals surface area contributed by atoms with Gasteiger partial charge in [0, 0.05) is 11.9 Å². The van der Waals surface area contributed by atoms with Crippen LogP contribution in [0.3, 0.4) is 0 Å². The van der Waals surface area contributed by atoms with Gasteiger partial charge < -0.3 is 4.90 Å². The molecule has 1 heterocycles. The predicted octanol–water partition coefficient (Wildman–Crippen LogP) is 3.73. The molecule has 0 amide bonds. The van der Waals surface area contributed by atoms with E-state index in [4.69, 9.17) is 0 Å². The van der Waals surface area contributed by atoms with E-state index in [1.165, 1.54) is 56.2 Å². The largest absolute Gasteiger partial charge is 0.303 e. The zero-order valence-corrected chi connectivity index (χ0v) is 12.0. The number of likely N-dealkylation sites (tertiary alicyclic amines) is 1. The van der Waals surface area contributed by atoms with Crippen molar-refractivity contribution in [1.82, 2.24) is 4.90 Å². The first-order valence-corrected chi connectivity index (χ1v) is 7.83. The molecule has 1 aliphatic heterocycles. The summed E-state index contributed by atoms with van der Waals surface area (Å²) in [5.74, 6) is 0.893. The van der Waals surface area contributed by atoms with Gasteiger partial charge in [0.15, 0.2) is 0 Å². The number of halogens is 1. The summed E-state index contributed by atoms with van der Waals surface area (Å²) >= 11 is 3.59. The van der Waals surface area contributed by atoms with E-state index < -0.39 is 0 Å². The van der Waals surface area contributed by atoms with E-state index in [1.54, 1.807) is 0 Å². The molecule has 1 aliphatic rings. The topological polar surface area (TPSA) is 3.24 Å². The minimum atomic E-state index is 0.893. The van der Waals surface area contributed by atoms with Crippen molar-refractivity contribution in [2.75, 3.05) is 25.0 Å². The normalized spacial score (nSPS) is 20.9. The molecule has 2 heteroatoms. The van der Waals surface area contributed by atoms with Gasteiger partial charge in [0.25, 0.3) is 0 Å². The van der Waals surface area contributed by atoms with Crippen molar-refractivity contribution in [3.63, 3.8) is 0 Å². The Hall–Kier alpha value is -0.340. The molecule has 17 heavy (non-hydrogen) atoms. The first-order chi connectivity index (χ1) is 8.38. The Bertz CT molecular complexity index is 312. The summed E-state index contributed by atoms with van der Waals surface area (Å²) in [4.78, 5) is 2.62. The van der Waals surface area contributed by atoms with Crippen molar-refractivity contribution in [2.24, 2.45) is 5.92 Å². The van der Waals surface area contributed by atoms with E-state index in [0.717, 1.165) is 5.92 Å². The van der Waals surface area contributed by atoms with Crippen LogP contribution >= 0.6 is 15.9 Å². The van der Waals surface area contributed by atoms with Crippen LogP contribution in [-0.2, 0) is 6.42 Å². The molecule has 0 bridgehead atoms. The summed E-state index contributed by atoms with van der Waals surface area (Å²) in [5, 5.41) is 1.17. The second-order valence-corrected chi connectivity index (χ2v) is 5.70. The Labute approximate surface area is 113 Å². The second kappa shape index (κ2) is 7.17. The Morgan fingerprint density at radius 3 is 2.71 bits per heavy atom. The summed E-state index contributed by atoms with van der Waals surface area (Å²) < 4.78 is 0. The van der Waals surface area contributed by atoms with Gasteiger partial charge in [0.2, 0.25) is 0 Å². The molecule has 1 unspecified atom stereocenters. The standard InChI is InChI=1S/C15H22BrN/c16-12-15-9-11-17(13-15)10-5-4-8-14-6-2-1-3-7-14/h1-3,6-7,15H,4-5,8-13H2. The van der Waals surface area contributed by atoms with E-state index in [1.807, 2.05) is 0 Å². The number of rotatable bonds is 6. The lowest BCUT2D eigenvalue weighted by atomic mass is 10.1. The van der Waals surface area contributed by atoms with E-state index in [-0.39, 0.29) is 0 Å². The quantitative estimate of drug-likeness (QED) is 0.571.